The average Bonchev–Trinajstić information content (AvgIpc) is 2.35. The number of amides is 1. The first-order valence-corrected chi connectivity index (χ1v) is 7.11. The van der Waals surface area contributed by atoms with Crippen molar-refractivity contribution in [2.45, 2.75) is 33.1 Å². The molecule has 0 spiro atoms. The number of nitrogens with zero attached hydrogens (tertiary/aromatic N) is 1. The van der Waals surface area contributed by atoms with Crippen molar-refractivity contribution in [3.63, 3.8) is 0 Å². The summed E-state index contributed by atoms with van der Waals surface area (Å²) in [6.45, 7) is 8.57. The SMILES string of the molecule is COCCN(CC(C)C)C(=O)CC1CCCNC1. The molecule has 0 aromatic heterocycles. The Morgan fingerprint density at radius 3 is 2.83 bits per heavy atom. The Hall–Kier alpha value is -0.610. The molecule has 0 aromatic rings. The minimum Gasteiger partial charge on any atom is -0.383 e. The van der Waals surface area contributed by atoms with Crippen LogP contribution in [0.5, 0.6) is 0 Å². The fourth-order valence-electron chi connectivity index (χ4n) is 2.43. The molecule has 0 aliphatic carbocycles. The molecule has 4 nitrogen and oxygen atoms in total. The normalized spacial score (nSPS) is 20.1. The van der Waals surface area contributed by atoms with E-state index in [2.05, 4.69) is 19.2 Å². The Bertz CT molecular complexity index is 238. The monoisotopic (exact) mass is 256 g/mol. The molecule has 106 valence electrons. The summed E-state index contributed by atoms with van der Waals surface area (Å²) in [6, 6.07) is 0. The van der Waals surface area contributed by atoms with Crippen molar-refractivity contribution in [1.82, 2.24) is 10.2 Å². The molecule has 1 N–H and O–H groups in total. The number of carbonyl (C=O) groups excluding carboxylic acids is 1. The molecule has 0 saturated carbocycles. The van der Waals surface area contributed by atoms with Gasteiger partial charge in [-0.1, -0.05) is 13.8 Å². The maximum atomic E-state index is 12.3. The predicted octanol–water partition coefficient (Wildman–Crippen LogP) is 1.51. The highest BCUT2D eigenvalue weighted by Crippen LogP contribution is 2.16. The van der Waals surface area contributed by atoms with E-state index in [0.717, 1.165) is 19.6 Å². The predicted molar refractivity (Wildman–Crippen MR) is 73.5 cm³/mol. The van der Waals surface area contributed by atoms with Gasteiger partial charge in [0.1, 0.15) is 0 Å². The topological polar surface area (TPSA) is 41.6 Å². The highest BCUT2D eigenvalue weighted by atomic mass is 16.5. The Morgan fingerprint density at radius 2 is 2.28 bits per heavy atom. The minimum atomic E-state index is 0.287. The molecule has 1 aliphatic rings. The molecule has 0 aromatic carbocycles. The van der Waals surface area contributed by atoms with Gasteiger partial charge in [0.25, 0.3) is 0 Å². The van der Waals surface area contributed by atoms with Crippen LogP contribution < -0.4 is 5.32 Å². The van der Waals surface area contributed by atoms with E-state index in [1.807, 2.05) is 4.90 Å². The van der Waals surface area contributed by atoms with Crippen LogP contribution in [0.4, 0.5) is 0 Å². The third-order valence-electron chi connectivity index (χ3n) is 3.37. The van der Waals surface area contributed by atoms with Crippen LogP contribution in [-0.2, 0) is 9.53 Å². The Labute approximate surface area is 111 Å². The molecular formula is C14H28N2O2. The standard InChI is InChI=1S/C14H28N2O2/c1-12(2)11-16(7-8-18-3)14(17)9-13-5-4-6-15-10-13/h12-13,15H,4-11H2,1-3H3. The van der Waals surface area contributed by atoms with Gasteiger partial charge in [0, 0.05) is 26.6 Å². The number of piperidine rings is 1. The second-order valence-electron chi connectivity index (χ2n) is 5.64. The van der Waals surface area contributed by atoms with Gasteiger partial charge >= 0.3 is 0 Å². The lowest BCUT2D eigenvalue weighted by Crippen LogP contribution is -2.39. The van der Waals surface area contributed by atoms with Crippen molar-refractivity contribution in [3.8, 4) is 0 Å². The summed E-state index contributed by atoms with van der Waals surface area (Å²) >= 11 is 0. The van der Waals surface area contributed by atoms with Crippen LogP contribution in [0.15, 0.2) is 0 Å². The van der Waals surface area contributed by atoms with E-state index in [-0.39, 0.29) is 5.91 Å². The summed E-state index contributed by atoms with van der Waals surface area (Å²) in [6.07, 6.45) is 3.06. The number of methoxy groups -OCH3 is 1. The van der Waals surface area contributed by atoms with E-state index in [9.17, 15) is 4.79 Å². The molecule has 1 rings (SSSR count). The Balaban J connectivity index is 2.40. The van der Waals surface area contributed by atoms with Gasteiger partial charge in [-0.3, -0.25) is 4.79 Å². The van der Waals surface area contributed by atoms with E-state index in [0.29, 0.717) is 31.4 Å². The van der Waals surface area contributed by atoms with E-state index in [4.69, 9.17) is 4.74 Å². The zero-order valence-electron chi connectivity index (χ0n) is 12.1. The fraction of sp³-hybridized carbons (Fsp3) is 0.929. The van der Waals surface area contributed by atoms with Crippen molar-refractivity contribution in [3.05, 3.63) is 0 Å². The summed E-state index contributed by atoms with van der Waals surface area (Å²) in [4.78, 5) is 14.3. The lowest BCUT2D eigenvalue weighted by molar-refractivity contribution is -0.133. The second-order valence-corrected chi connectivity index (χ2v) is 5.64. The van der Waals surface area contributed by atoms with Crippen molar-refractivity contribution < 1.29 is 9.53 Å². The summed E-state index contributed by atoms with van der Waals surface area (Å²) in [5.74, 6) is 1.31. The molecule has 0 bridgehead atoms. The van der Waals surface area contributed by atoms with Crippen molar-refractivity contribution in [2.75, 3.05) is 39.9 Å². The quantitative estimate of drug-likeness (QED) is 0.750. The molecule has 0 radical (unpaired) electrons. The zero-order valence-corrected chi connectivity index (χ0v) is 12.1. The molecule has 18 heavy (non-hydrogen) atoms. The lowest BCUT2D eigenvalue weighted by Gasteiger charge is -2.28. The smallest absolute Gasteiger partial charge is 0.222 e. The first kappa shape index (κ1) is 15.4. The zero-order chi connectivity index (χ0) is 13.4. The number of hydrogen-bond acceptors (Lipinski definition) is 3. The number of ether oxygens (including phenoxy) is 1. The van der Waals surface area contributed by atoms with Crippen molar-refractivity contribution in [2.24, 2.45) is 11.8 Å². The third-order valence-corrected chi connectivity index (χ3v) is 3.37. The summed E-state index contributed by atoms with van der Waals surface area (Å²) in [5, 5.41) is 3.37. The Morgan fingerprint density at radius 1 is 1.50 bits per heavy atom. The number of carbonyl (C=O) groups is 1. The van der Waals surface area contributed by atoms with E-state index < -0.39 is 0 Å². The van der Waals surface area contributed by atoms with Crippen LogP contribution in [0.3, 0.4) is 0 Å². The number of nitrogens with one attached hydrogen (secondary N) is 1. The summed E-state index contributed by atoms with van der Waals surface area (Å²) in [7, 11) is 1.68. The third kappa shape index (κ3) is 5.83. The van der Waals surface area contributed by atoms with Crippen LogP contribution in [0.25, 0.3) is 0 Å². The second kappa shape index (κ2) is 8.48. The largest absolute Gasteiger partial charge is 0.383 e. The van der Waals surface area contributed by atoms with Gasteiger partial charge in [-0.2, -0.15) is 0 Å². The summed E-state index contributed by atoms with van der Waals surface area (Å²) < 4.78 is 5.09. The molecule has 1 amide bonds. The van der Waals surface area contributed by atoms with Gasteiger partial charge in [0.15, 0.2) is 0 Å². The first-order chi connectivity index (χ1) is 8.63. The minimum absolute atomic E-state index is 0.287. The fourth-order valence-corrected chi connectivity index (χ4v) is 2.43. The maximum absolute atomic E-state index is 12.3. The molecule has 1 atom stereocenters. The van der Waals surface area contributed by atoms with Gasteiger partial charge in [-0.05, 0) is 37.8 Å². The van der Waals surface area contributed by atoms with Gasteiger partial charge in [0.05, 0.1) is 6.61 Å². The molecule has 4 heteroatoms. The van der Waals surface area contributed by atoms with E-state index >= 15 is 0 Å². The van der Waals surface area contributed by atoms with Crippen LogP contribution in [-0.4, -0.2) is 50.7 Å². The highest BCUT2D eigenvalue weighted by molar-refractivity contribution is 5.76. The van der Waals surface area contributed by atoms with Gasteiger partial charge in [-0.25, -0.2) is 0 Å². The van der Waals surface area contributed by atoms with Gasteiger partial charge in [0.2, 0.25) is 5.91 Å². The van der Waals surface area contributed by atoms with Crippen LogP contribution in [0.1, 0.15) is 33.1 Å². The number of hydrogen-bond donors (Lipinski definition) is 1. The van der Waals surface area contributed by atoms with Crippen molar-refractivity contribution >= 4 is 5.91 Å². The van der Waals surface area contributed by atoms with Crippen LogP contribution in [0.2, 0.25) is 0 Å². The van der Waals surface area contributed by atoms with Gasteiger partial charge < -0.3 is 15.0 Å². The summed E-state index contributed by atoms with van der Waals surface area (Å²) in [5.41, 5.74) is 0. The van der Waals surface area contributed by atoms with Gasteiger partial charge in [-0.15, -0.1) is 0 Å². The first-order valence-electron chi connectivity index (χ1n) is 7.11. The Kier molecular flexibility index (Phi) is 7.28. The highest BCUT2D eigenvalue weighted by Gasteiger charge is 2.21. The number of rotatable bonds is 7. The van der Waals surface area contributed by atoms with E-state index in [1.165, 1.54) is 12.8 Å². The maximum Gasteiger partial charge on any atom is 0.222 e. The molecular weight excluding hydrogens is 228 g/mol. The molecule has 1 unspecified atom stereocenters. The average molecular weight is 256 g/mol. The molecule has 1 saturated heterocycles. The molecule has 1 heterocycles. The van der Waals surface area contributed by atoms with E-state index in [1.54, 1.807) is 7.11 Å². The van der Waals surface area contributed by atoms with Crippen LogP contribution >= 0.6 is 0 Å². The lowest BCUT2D eigenvalue weighted by atomic mass is 9.95. The van der Waals surface area contributed by atoms with Crippen molar-refractivity contribution in [1.29, 1.82) is 0 Å². The molecule has 1 fully saturated rings. The molecule has 1 aliphatic heterocycles. The van der Waals surface area contributed by atoms with Crippen LogP contribution in [0, 0.1) is 11.8 Å².